The van der Waals surface area contributed by atoms with Gasteiger partial charge in [0.2, 0.25) is 0 Å². The average Bonchev–Trinajstić information content (AvgIpc) is 2.76. The molecule has 30 heavy (non-hydrogen) atoms. The first-order valence-corrected chi connectivity index (χ1v) is 9.65. The first-order valence-electron chi connectivity index (χ1n) is 9.65. The van der Waals surface area contributed by atoms with E-state index in [0.29, 0.717) is 17.1 Å². The van der Waals surface area contributed by atoms with E-state index >= 15 is 0 Å². The molecule has 1 N–H and O–H groups in total. The summed E-state index contributed by atoms with van der Waals surface area (Å²) in [4.78, 5) is 24.8. The number of phenols is 1. The number of hydrogen-bond acceptors (Lipinski definition) is 6. The highest BCUT2D eigenvalue weighted by Gasteiger charge is 2.14. The zero-order chi connectivity index (χ0) is 21.1. The zero-order valence-electron chi connectivity index (χ0n) is 16.8. The summed E-state index contributed by atoms with van der Waals surface area (Å²) >= 11 is 0. The minimum atomic E-state index is -0.477. The van der Waals surface area contributed by atoms with Gasteiger partial charge in [-0.2, -0.15) is 0 Å². The van der Waals surface area contributed by atoms with Crippen LogP contribution in [-0.2, 0) is 12.8 Å². The van der Waals surface area contributed by atoms with Gasteiger partial charge in [-0.15, -0.1) is 0 Å². The summed E-state index contributed by atoms with van der Waals surface area (Å²) < 4.78 is 5.39. The molecule has 150 valence electrons. The number of aromatic hydroxyl groups is 1. The maximum atomic E-state index is 12.7. The van der Waals surface area contributed by atoms with Gasteiger partial charge in [-0.3, -0.25) is 4.98 Å². The van der Waals surface area contributed by atoms with Crippen LogP contribution in [0.1, 0.15) is 32.6 Å². The normalized spacial score (nSPS) is 10.9. The van der Waals surface area contributed by atoms with E-state index in [1.54, 1.807) is 12.3 Å². The Bertz CT molecular complexity index is 1200. The van der Waals surface area contributed by atoms with E-state index in [4.69, 9.17) is 4.74 Å². The summed E-state index contributed by atoms with van der Waals surface area (Å²) in [6.07, 6.45) is 7.47. The van der Waals surface area contributed by atoms with Crippen LogP contribution in [0.2, 0.25) is 0 Å². The molecule has 6 nitrogen and oxygen atoms in total. The second kappa shape index (κ2) is 8.29. The number of fused-ring (bicyclic) bond motifs is 1. The predicted molar refractivity (Wildman–Crippen MR) is 114 cm³/mol. The molecule has 0 atom stereocenters. The van der Waals surface area contributed by atoms with Crippen molar-refractivity contribution in [3.63, 3.8) is 0 Å². The minimum Gasteiger partial charge on any atom is -0.507 e. The Labute approximate surface area is 174 Å². The number of carbonyl (C=O) groups excluding carboxylic acids is 1. The van der Waals surface area contributed by atoms with Crippen LogP contribution in [0.3, 0.4) is 0 Å². The molecular formula is C24H21N3O3. The highest BCUT2D eigenvalue weighted by molar-refractivity contribution is 5.96. The van der Waals surface area contributed by atoms with Crippen molar-refractivity contribution in [3.05, 3.63) is 89.1 Å². The van der Waals surface area contributed by atoms with Crippen LogP contribution in [-0.4, -0.2) is 26.0 Å². The molecule has 4 aromatic rings. The summed E-state index contributed by atoms with van der Waals surface area (Å²) in [7, 11) is 0. The summed E-state index contributed by atoms with van der Waals surface area (Å²) in [5.41, 5.74) is 5.04. The molecule has 6 heteroatoms. The topological polar surface area (TPSA) is 85.2 Å². The predicted octanol–water partition coefficient (Wildman–Crippen LogP) is 4.35. The molecule has 0 aliphatic rings. The van der Waals surface area contributed by atoms with Gasteiger partial charge in [0.15, 0.2) is 5.75 Å². The largest absolute Gasteiger partial charge is 0.507 e. The third kappa shape index (κ3) is 4.12. The highest BCUT2D eigenvalue weighted by atomic mass is 16.5. The molecule has 0 radical (unpaired) electrons. The third-order valence-electron chi connectivity index (χ3n) is 5.02. The monoisotopic (exact) mass is 399 g/mol. The van der Waals surface area contributed by atoms with E-state index in [2.05, 4.69) is 15.0 Å². The van der Waals surface area contributed by atoms with Crippen molar-refractivity contribution in [1.82, 2.24) is 15.0 Å². The Morgan fingerprint density at radius 1 is 1.03 bits per heavy atom. The van der Waals surface area contributed by atoms with Crippen LogP contribution >= 0.6 is 0 Å². The number of aromatic nitrogens is 3. The molecular weight excluding hydrogens is 378 g/mol. The summed E-state index contributed by atoms with van der Waals surface area (Å²) in [6.45, 7) is 3.80. The number of aryl methyl sites for hydroxylation is 4. The maximum absolute atomic E-state index is 12.7. The van der Waals surface area contributed by atoms with Crippen molar-refractivity contribution in [2.24, 2.45) is 0 Å². The van der Waals surface area contributed by atoms with Gasteiger partial charge < -0.3 is 9.84 Å². The lowest BCUT2D eigenvalue weighted by Gasteiger charge is -2.11. The Kier molecular flexibility index (Phi) is 5.39. The summed E-state index contributed by atoms with van der Waals surface area (Å²) in [5.74, 6) is 0.151. The number of phenolic OH excluding ortho intramolecular Hbond substituents is 1. The smallest absolute Gasteiger partial charge is 0.343 e. The van der Waals surface area contributed by atoms with Crippen LogP contribution in [0.4, 0.5) is 0 Å². The Morgan fingerprint density at radius 3 is 2.50 bits per heavy atom. The van der Waals surface area contributed by atoms with Crippen molar-refractivity contribution >= 4 is 16.9 Å². The fourth-order valence-electron chi connectivity index (χ4n) is 3.56. The van der Waals surface area contributed by atoms with Gasteiger partial charge >= 0.3 is 5.97 Å². The van der Waals surface area contributed by atoms with Gasteiger partial charge in [0.25, 0.3) is 0 Å². The standard InChI is InChI=1S/C24H21N3O3/c1-15-8-17(9-16(2)23(15)28)5-6-18-10-19(11-22-21(18)4-3-7-27-22)24(29)30-20-12-25-14-26-13-20/h3-4,7-14,28H,5-6H2,1-2H3. The van der Waals surface area contributed by atoms with Crippen molar-refractivity contribution in [1.29, 1.82) is 0 Å². The minimum absolute atomic E-state index is 0.292. The number of ether oxygens (including phenoxy) is 1. The van der Waals surface area contributed by atoms with Crippen LogP contribution in [0.25, 0.3) is 10.9 Å². The van der Waals surface area contributed by atoms with E-state index in [1.165, 1.54) is 18.7 Å². The third-order valence-corrected chi connectivity index (χ3v) is 5.02. The fourth-order valence-corrected chi connectivity index (χ4v) is 3.56. The molecule has 0 spiro atoms. The fraction of sp³-hybridized carbons (Fsp3) is 0.167. The number of esters is 1. The molecule has 0 unspecified atom stereocenters. The molecule has 4 rings (SSSR count). The van der Waals surface area contributed by atoms with Crippen molar-refractivity contribution < 1.29 is 14.6 Å². The van der Waals surface area contributed by atoms with E-state index in [9.17, 15) is 9.90 Å². The second-order valence-electron chi connectivity index (χ2n) is 7.25. The average molecular weight is 399 g/mol. The van der Waals surface area contributed by atoms with Gasteiger partial charge in [-0.1, -0.05) is 18.2 Å². The molecule has 0 fully saturated rings. The van der Waals surface area contributed by atoms with E-state index < -0.39 is 5.97 Å². The van der Waals surface area contributed by atoms with Crippen LogP contribution in [0.5, 0.6) is 11.5 Å². The second-order valence-corrected chi connectivity index (χ2v) is 7.25. The molecule has 2 heterocycles. The van der Waals surface area contributed by atoms with Crippen LogP contribution in [0, 0.1) is 13.8 Å². The first kappa shape index (κ1) is 19.5. The van der Waals surface area contributed by atoms with Gasteiger partial charge in [0.05, 0.1) is 23.5 Å². The lowest BCUT2D eigenvalue weighted by atomic mass is 9.96. The number of carbonyl (C=O) groups is 1. The SMILES string of the molecule is Cc1cc(CCc2cc(C(=O)Oc3cncnc3)cc3ncccc23)cc(C)c1O. The first-order chi connectivity index (χ1) is 14.5. The maximum Gasteiger partial charge on any atom is 0.343 e. The Balaban J connectivity index is 1.64. The molecule has 0 saturated carbocycles. The summed E-state index contributed by atoms with van der Waals surface area (Å²) in [6, 6.07) is 11.5. The molecule has 0 amide bonds. The number of nitrogens with zero attached hydrogens (tertiary/aromatic N) is 3. The van der Waals surface area contributed by atoms with E-state index in [1.807, 2.05) is 44.2 Å². The van der Waals surface area contributed by atoms with E-state index in [0.717, 1.165) is 46.0 Å². The molecule has 0 bridgehead atoms. The number of hydrogen-bond donors (Lipinski definition) is 1. The van der Waals surface area contributed by atoms with Crippen LogP contribution in [0.15, 0.2) is 61.3 Å². The lowest BCUT2D eigenvalue weighted by molar-refractivity contribution is 0.0733. The van der Waals surface area contributed by atoms with Gasteiger partial charge in [0.1, 0.15) is 12.1 Å². The Hall–Kier alpha value is -3.80. The zero-order valence-corrected chi connectivity index (χ0v) is 16.8. The number of benzene rings is 2. The van der Waals surface area contributed by atoms with E-state index in [-0.39, 0.29) is 0 Å². The molecule has 0 saturated heterocycles. The Morgan fingerprint density at radius 2 is 1.77 bits per heavy atom. The van der Waals surface area contributed by atoms with Crippen molar-refractivity contribution in [2.45, 2.75) is 26.7 Å². The highest BCUT2D eigenvalue weighted by Crippen LogP contribution is 2.26. The van der Waals surface area contributed by atoms with Gasteiger partial charge in [-0.25, -0.2) is 14.8 Å². The van der Waals surface area contributed by atoms with Gasteiger partial charge in [-0.05, 0) is 67.1 Å². The van der Waals surface area contributed by atoms with Gasteiger partial charge in [0, 0.05) is 11.6 Å². The summed E-state index contributed by atoms with van der Waals surface area (Å²) in [5, 5.41) is 11.0. The number of rotatable bonds is 5. The van der Waals surface area contributed by atoms with Crippen LogP contribution < -0.4 is 4.74 Å². The molecule has 2 aromatic heterocycles. The quantitative estimate of drug-likeness (QED) is 0.502. The molecule has 2 aromatic carbocycles. The molecule has 0 aliphatic heterocycles. The number of pyridine rings is 1. The van der Waals surface area contributed by atoms with Crippen molar-refractivity contribution in [2.75, 3.05) is 0 Å². The lowest BCUT2D eigenvalue weighted by Crippen LogP contribution is -2.10. The van der Waals surface area contributed by atoms with Crippen molar-refractivity contribution in [3.8, 4) is 11.5 Å². The molecule has 0 aliphatic carbocycles.